The van der Waals surface area contributed by atoms with Gasteiger partial charge in [-0.25, -0.2) is 9.80 Å². The fourth-order valence-electron chi connectivity index (χ4n) is 5.21. The second kappa shape index (κ2) is 10.6. The van der Waals surface area contributed by atoms with Crippen molar-refractivity contribution in [3.05, 3.63) is 89.5 Å². The van der Waals surface area contributed by atoms with Crippen molar-refractivity contribution < 1.29 is 9.53 Å². The van der Waals surface area contributed by atoms with Gasteiger partial charge in [-0.1, -0.05) is 67.8 Å². The molecule has 3 aromatic rings. The summed E-state index contributed by atoms with van der Waals surface area (Å²) in [5.74, 6) is 1.16. The lowest BCUT2D eigenvalue weighted by atomic mass is 9.82. The van der Waals surface area contributed by atoms with Gasteiger partial charge in [0.2, 0.25) is 0 Å². The van der Waals surface area contributed by atoms with Gasteiger partial charge in [0.05, 0.1) is 23.1 Å². The fraction of sp³-hybridized carbons (Fsp3) is 0.355. The predicted molar refractivity (Wildman–Crippen MR) is 146 cm³/mol. The summed E-state index contributed by atoms with van der Waals surface area (Å²) < 4.78 is 6.34. The summed E-state index contributed by atoms with van der Waals surface area (Å²) in [6.45, 7) is 6.60. The number of benzene rings is 3. The summed E-state index contributed by atoms with van der Waals surface area (Å²) in [5.41, 5.74) is 5.85. The zero-order chi connectivity index (χ0) is 25.1. The molecule has 36 heavy (non-hydrogen) atoms. The van der Waals surface area contributed by atoms with Crippen molar-refractivity contribution in [1.29, 1.82) is 0 Å². The molecule has 5 heteroatoms. The highest BCUT2D eigenvalue weighted by molar-refractivity contribution is 6.14. The van der Waals surface area contributed by atoms with Crippen molar-refractivity contribution in [3.63, 3.8) is 0 Å². The minimum Gasteiger partial charge on any atom is -0.489 e. The Morgan fingerprint density at radius 3 is 2.28 bits per heavy atom. The molecule has 0 atom stereocenters. The minimum atomic E-state index is -0.124. The van der Waals surface area contributed by atoms with Gasteiger partial charge in [-0.15, -0.1) is 0 Å². The molecule has 0 unspecified atom stereocenters. The van der Waals surface area contributed by atoms with Crippen molar-refractivity contribution in [1.82, 2.24) is 5.01 Å². The summed E-state index contributed by atoms with van der Waals surface area (Å²) in [7, 11) is 0. The summed E-state index contributed by atoms with van der Waals surface area (Å²) in [6.07, 6.45) is 5.84. The van der Waals surface area contributed by atoms with E-state index in [1.165, 1.54) is 19.3 Å². The van der Waals surface area contributed by atoms with Crippen molar-refractivity contribution >= 4 is 23.1 Å². The number of hydrogen-bond donors (Lipinski definition) is 0. The lowest BCUT2D eigenvalue weighted by Gasteiger charge is -2.29. The highest BCUT2D eigenvalue weighted by atomic mass is 16.5. The Bertz CT molecular complexity index is 1230. The first-order chi connectivity index (χ1) is 17.5. The van der Waals surface area contributed by atoms with E-state index in [4.69, 9.17) is 9.84 Å². The van der Waals surface area contributed by atoms with Crippen LogP contribution in [0.25, 0.3) is 0 Å². The number of hydrazone groups is 1. The van der Waals surface area contributed by atoms with E-state index in [9.17, 15) is 4.79 Å². The molecule has 0 aromatic heterocycles. The minimum absolute atomic E-state index is 0.0634. The first-order valence-corrected chi connectivity index (χ1v) is 13.1. The van der Waals surface area contributed by atoms with Gasteiger partial charge in [0.25, 0.3) is 0 Å². The molecule has 2 aliphatic rings. The van der Waals surface area contributed by atoms with Crippen molar-refractivity contribution in [2.45, 2.75) is 65.5 Å². The van der Waals surface area contributed by atoms with Crippen molar-refractivity contribution in [2.24, 2.45) is 11.0 Å². The molecule has 1 aliphatic carbocycles. The number of carbonyl (C=O) groups is 1. The first-order valence-electron chi connectivity index (χ1n) is 13.1. The maximum Gasteiger partial charge on any atom is 0.349 e. The molecule has 0 saturated heterocycles. The van der Waals surface area contributed by atoms with Crippen LogP contribution in [0.2, 0.25) is 0 Å². The molecular formula is C31H35N3O2. The van der Waals surface area contributed by atoms with E-state index in [1.54, 1.807) is 5.01 Å². The third kappa shape index (κ3) is 4.88. The number of anilines is 2. The number of aryl methyl sites for hydroxylation is 1. The van der Waals surface area contributed by atoms with Crippen LogP contribution in [0.4, 0.5) is 16.2 Å². The first kappa shape index (κ1) is 24.1. The quantitative estimate of drug-likeness (QED) is 0.360. The van der Waals surface area contributed by atoms with Gasteiger partial charge < -0.3 is 4.74 Å². The van der Waals surface area contributed by atoms with Gasteiger partial charge >= 0.3 is 6.03 Å². The topological polar surface area (TPSA) is 45.1 Å². The van der Waals surface area contributed by atoms with Crippen LogP contribution in [0.15, 0.2) is 77.9 Å². The van der Waals surface area contributed by atoms with Crippen LogP contribution in [-0.4, -0.2) is 22.8 Å². The van der Waals surface area contributed by atoms with E-state index >= 15 is 0 Å². The van der Waals surface area contributed by atoms with Gasteiger partial charge in [-0.3, -0.25) is 4.90 Å². The Labute approximate surface area is 214 Å². The van der Waals surface area contributed by atoms with Gasteiger partial charge in [-0.05, 0) is 69.0 Å². The molecule has 5 rings (SSSR count). The Morgan fingerprint density at radius 2 is 1.61 bits per heavy atom. The van der Waals surface area contributed by atoms with E-state index in [-0.39, 0.29) is 12.1 Å². The molecular weight excluding hydrogens is 446 g/mol. The number of ether oxygens (including phenoxy) is 1. The van der Waals surface area contributed by atoms with Gasteiger partial charge in [0, 0.05) is 11.5 Å². The number of carbonyl (C=O) groups excluding carboxylic acids is 1. The third-order valence-corrected chi connectivity index (χ3v) is 7.15. The molecule has 0 radical (unpaired) electrons. The molecule has 5 nitrogen and oxygen atoms in total. The zero-order valence-electron chi connectivity index (χ0n) is 21.5. The number of amides is 2. The molecule has 186 valence electrons. The van der Waals surface area contributed by atoms with Crippen LogP contribution in [0.3, 0.4) is 0 Å². The fourth-order valence-corrected chi connectivity index (χ4v) is 5.21. The predicted octanol–water partition coefficient (Wildman–Crippen LogP) is 7.84. The second-order valence-electron chi connectivity index (χ2n) is 10.1. The largest absolute Gasteiger partial charge is 0.489 e. The van der Waals surface area contributed by atoms with Crippen LogP contribution in [0, 0.1) is 12.8 Å². The molecule has 0 bridgehead atoms. The highest BCUT2D eigenvalue weighted by Crippen LogP contribution is 2.40. The van der Waals surface area contributed by atoms with Crippen LogP contribution >= 0.6 is 0 Å². The molecule has 2 amide bonds. The van der Waals surface area contributed by atoms with E-state index < -0.39 is 0 Å². The van der Waals surface area contributed by atoms with Crippen LogP contribution in [-0.2, 0) is 6.61 Å². The number of hydrogen-bond acceptors (Lipinski definition) is 3. The Hall–Kier alpha value is -3.60. The Morgan fingerprint density at radius 1 is 0.944 bits per heavy atom. The average molecular weight is 482 g/mol. The van der Waals surface area contributed by atoms with Crippen LogP contribution in [0.5, 0.6) is 5.75 Å². The SMILES string of the molecule is Cc1cc2c(cc1OCc1ccccc1)C(C1CCCCC1)=NN(C(C)C)C(=O)N2c1ccccc1. The summed E-state index contributed by atoms with van der Waals surface area (Å²) in [5, 5.41) is 6.75. The normalized spacial score (nSPS) is 16.6. The van der Waals surface area contributed by atoms with Gasteiger partial charge in [-0.2, -0.15) is 5.10 Å². The highest BCUT2D eigenvalue weighted by Gasteiger charge is 2.35. The van der Waals surface area contributed by atoms with E-state index in [0.717, 1.165) is 52.4 Å². The second-order valence-corrected chi connectivity index (χ2v) is 10.1. The number of fused-ring (bicyclic) bond motifs is 1. The third-order valence-electron chi connectivity index (χ3n) is 7.15. The number of urea groups is 1. The number of nitrogens with zero attached hydrogens (tertiary/aromatic N) is 3. The maximum absolute atomic E-state index is 14.0. The van der Waals surface area contributed by atoms with E-state index in [0.29, 0.717) is 12.5 Å². The lowest BCUT2D eigenvalue weighted by Crippen LogP contribution is -2.41. The Balaban J connectivity index is 1.65. The molecule has 1 heterocycles. The Kier molecular flexibility index (Phi) is 7.08. The van der Waals surface area contributed by atoms with Crippen molar-refractivity contribution in [2.75, 3.05) is 4.90 Å². The zero-order valence-corrected chi connectivity index (χ0v) is 21.5. The van der Waals surface area contributed by atoms with Crippen LogP contribution < -0.4 is 9.64 Å². The maximum atomic E-state index is 14.0. The molecule has 1 fully saturated rings. The van der Waals surface area contributed by atoms with E-state index in [1.807, 2.05) is 67.3 Å². The molecule has 3 aromatic carbocycles. The molecule has 0 spiro atoms. The monoisotopic (exact) mass is 481 g/mol. The molecule has 0 N–H and O–H groups in total. The van der Waals surface area contributed by atoms with Gasteiger partial charge in [0.1, 0.15) is 12.4 Å². The molecule has 1 saturated carbocycles. The number of para-hydroxylation sites is 1. The summed E-state index contributed by atoms with van der Waals surface area (Å²) >= 11 is 0. The lowest BCUT2D eigenvalue weighted by molar-refractivity contribution is 0.195. The standard InChI is InChI=1S/C31H35N3O2/c1-22(2)34-31(35)33(26-17-11-6-12-18-26)28-19-23(3)29(36-21-24-13-7-4-8-14-24)20-27(28)30(32-34)25-15-9-5-10-16-25/h4,6-8,11-14,17-20,22,25H,5,9-10,15-16,21H2,1-3H3. The smallest absolute Gasteiger partial charge is 0.349 e. The summed E-state index contributed by atoms with van der Waals surface area (Å²) in [6, 6.07) is 24.1. The summed E-state index contributed by atoms with van der Waals surface area (Å²) in [4.78, 5) is 15.8. The van der Waals surface area contributed by atoms with Crippen LogP contribution in [0.1, 0.15) is 62.6 Å². The van der Waals surface area contributed by atoms with Gasteiger partial charge in [0.15, 0.2) is 0 Å². The molecule has 1 aliphatic heterocycles. The number of rotatable bonds is 6. The average Bonchev–Trinajstić information content (AvgIpc) is 3.02. The van der Waals surface area contributed by atoms with Crippen molar-refractivity contribution in [3.8, 4) is 5.75 Å². The van der Waals surface area contributed by atoms with E-state index in [2.05, 4.69) is 31.2 Å².